The van der Waals surface area contributed by atoms with E-state index in [1.54, 1.807) is 24.3 Å². The minimum absolute atomic E-state index is 0.168. The summed E-state index contributed by atoms with van der Waals surface area (Å²) in [6.45, 7) is 0.246. The molecule has 0 atom stereocenters. The first kappa shape index (κ1) is 19.3. The highest BCUT2D eigenvalue weighted by molar-refractivity contribution is 7.89. The van der Waals surface area contributed by atoms with E-state index in [0.29, 0.717) is 10.8 Å². The van der Waals surface area contributed by atoms with Crippen LogP contribution in [0.4, 0.5) is 0 Å². The maximum Gasteiger partial charge on any atom is 0.287 e. The average Bonchev–Trinajstić information content (AvgIpc) is 3.39. The van der Waals surface area contributed by atoms with Crippen LogP contribution in [-0.4, -0.2) is 26.4 Å². The molecule has 4 rings (SSSR count). The van der Waals surface area contributed by atoms with Crippen molar-refractivity contribution >= 4 is 37.5 Å². The molecule has 0 aliphatic heterocycles. The molecule has 0 radical (unpaired) electrons. The minimum Gasteiger partial charge on any atom is -0.448 e. The molecule has 148 valence electrons. The Balaban J connectivity index is 1.43. The molecule has 0 saturated heterocycles. The second-order valence-electron chi connectivity index (χ2n) is 6.18. The highest BCUT2D eigenvalue weighted by atomic mass is 32.2. The highest BCUT2D eigenvalue weighted by Crippen LogP contribution is 2.31. The van der Waals surface area contributed by atoms with Gasteiger partial charge in [-0.1, -0.05) is 24.3 Å². The Hall–Kier alpha value is -3.01. The van der Waals surface area contributed by atoms with Crippen LogP contribution in [0.1, 0.15) is 16.1 Å². The van der Waals surface area contributed by atoms with E-state index in [0.717, 1.165) is 15.8 Å². The number of carbonyl (C=O) groups excluding carboxylic acids is 1. The fourth-order valence-electron chi connectivity index (χ4n) is 2.73. The van der Waals surface area contributed by atoms with Crippen molar-refractivity contribution < 1.29 is 17.6 Å². The number of aromatic nitrogens is 1. The van der Waals surface area contributed by atoms with Crippen molar-refractivity contribution in [2.45, 2.75) is 11.4 Å². The average molecular weight is 428 g/mol. The normalized spacial score (nSPS) is 11.6. The summed E-state index contributed by atoms with van der Waals surface area (Å²) in [6.07, 6.45) is 0. The summed E-state index contributed by atoms with van der Waals surface area (Å²) in [5.74, 6) is 0.371. The van der Waals surface area contributed by atoms with Gasteiger partial charge in [0, 0.05) is 6.54 Å². The molecule has 0 saturated carbocycles. The predicted octanol–water partition coefficient (Wildman–Crippen LogP) is 3.39. The van der Waals surface area contributed by atoms with Gasteiger partial charge in [0.15, 0.2) is 16.5 Å². The summed E-state index contributed by atoms with van der Waals surface area (Å²) >= 11 is 1.50. The topological polar surface area (TPSA) is 101 Å². The van der Waals surface area contributed by atoms with E-state index in [4.69, 9.17) is 4.42 Å². The van der Waals surface area contributed by atoms with Crippen LogP contribution >= 0.6 is 11.3 Å². The zero-order valence-corrected chi connectivity index (χ0v) is 17.0. The lowest BCUT2D eigenvalue weighted by molar-refractivity contribution is 0.0924. The SMILES string of the molecule is CNS(=O)(=O)c1ccc(CNC(=O)c2ccc(-c3nc4ccccc4s3)o2)cc1. The Bertz CT molecular complexity index is 1240. The van der Waals surface area contributed by atoms with Crippen molar-refractivity contribution in [1.29, 1.82) is 0 Å². The van der Waals surface area contributed by atoms with E-state index in [2.05, 4.69) is 15.0 Å². The lowest BCUT2D eigenvalue weighted by Gasteiger charge is -2.06. The molecule has 0 fully saturated rings. The summed E-state index contributed by atoms with van der Waals surface area (Å²) in [7, 11) is -2.12. The van der Waals surface area contributed by atoms with Crippen molar-refractivity contribution in [3.05, 3.63) is 72.0 Å². The van der Waals surface area contributed by atoms with Gasteiger partial charge in [-0.2, -0.15) is 0 Å². The molecule has 0 aliphatic rings. The maximum atomic E-state index is 12.4. The Morgan fingerprint density at radius 2 is 1.83 bits per heavy atom. The first-order valence-electron chi connectivity index (χ1n) is 8.73. The third-order valence-corrected chi connectivity index (χ3v) is 6.77. The number of sulfonamides is 1. The monoisotopic (exact) mass is 427 g/mol. The molecule has 0 unspecified atom stereocenters. The molecule has 0 aliphatic carbocycles. The van der Waals surface area contributed by atoms with E-state index < -0.39 is 10.0 Å². The van der Waals surface area contributed by atoms with E-state index in [-0.39, 0.29) is 23.1 Å². The van der Waals surface area contributed by atoms with Gasteiger partial charge in [-0.15, -0.1) is 11.3 Å². The summed E-state index contributed by atoms with van der Waals surface area (Å²) in [6, 6.07) is 17.4. The minimum atomic E-state index is -3.48. The summed E-state index contributed by atoms with van der Waals surface area (Å²) in [5, 5.41) is 3.48. The van der Waals surface area contributed by atoms with Crippen LogP contribution < -0.4 is 10.0 Å². The molecule has 2 N–H and O–H groups in total. The number of amides is 1. The van der Waals surface area contributed by atoms with Gasteiger partial charge in [0.1, 0.15) is 0 Å². The highest BCUT2D eigenvalue weighted by Gasteiger charge is 2.15. The number of hydrogen-bond donors (Lipinski definition) is 2. The van der Waals surface area contributed by atoms with Crippen LogP contribution in [0.3, 0.4) is 0 Å². The fraction of sp³-hybridized carbons (Fsp3) is 0.100. The molecule has 1 amide bonds. The van der Waals surface area contributed by atoms with E-state index in [9.17, 15) is 13.2 Å². The maximum absolute atomic E-state index is 12.4. The van der Waals surface area contributed by atoms with E-state index in [1.807, 2.05) is 24.3 Å². The lowest BCUT2D eigenvalue weighted by Crippen LogP contribution is -2.22. The van der Waals surface area contributed by atoms with Gasteiger partial charge in [0.2, 0.25) is 10.0 Å². The molecular weight excluding hydrogens is 410 g/mol. The van der Waals surface area contributed by atoms with Crippen LogP contribution in [0.25, 0.3) is 21.0 Å². The molecule has 2 heterocycles. The summed E-state index contributed by atoms with van der Waals surface area (Å²) < 4.78 is 32.5. The molecule has 2 aromatic carbocycles. The standard InChI is InChI=1S/C20H17N3O4S2/c1-21-29(25,26)14-8-6-13(7-9-14)12-22-19(24)16-10-11-17(27-16)20-23-15-4-2-3-5-18(15)28-20/h2-11,21H,12H2,1H3,(H,22,24). The molecule has 9 heteroatoms. The Labute approximate surface area is 171 Å². The van der Waals surface area contributed by atoms with Gasteiger partial charge in [-0.3, -0.25) is 4.79 Å². The molecular formula is C20H17N3O4S2. The van der Waals surface area contributed by atoms with Crippen LogP contribution in [-0.2, 0) is 16.6 Å². The van der Waals surface area contributed by atoms with Crippen LogP contribution in [0.5, 0.6) is 0 Å². The van der Waals surface area contributed by atoms with Gasteiger partial charge < -0.3 is 9.73 Å². The number of carbonyl (C=O) groups is 1. The number of thiazole rings is 1. The zero-order chi connectivity index (χ0) is 20.4. The Morgan fingerprint density at radius 1 is 1.07 bits per heavy atom. The second kappa shape index (κ2) is 7.78. The molecule has 0 spiro atoms. The van der Waals surface area contributed by atoms with Gasteiger partial charge in [-0.05, 0) is 49.0 Å². The molecule has 29 heavy (non-hydrogen) atoms. The largest absolute Gasteiger partial charge is 0.448 e. The number of furan rings is 1. The Morgan fingerprint density at radius 3 is 2.55 bits per heavy atom. The number of benzene rings is 2. The third-order valence-electron chi connectivity index (χ3n) is 4.29. The molecule has 7 nitrogen and oxygen atoms in total. The van der Waals surface area contributed by atoms with E-state index in [1.165, 1.54) is 30.5 Å². The number of fused-ring (bicyclic) bond motifs is 1. The third kappa shape index (κ3) is 4.07. The van der Waals surface area contributed by atoms with Crippen molar-refractivity contribution in [2.75, 3.05) is 7.05 Å². The summed E-state index contributed by atoms with van der Waals surface area (Å²) in [5.41, 5.74) is 1.66. The first-order chi connectivity index (χ1) is 14.0. The van der Waals surface area contributed by atoms with Crippen molar-refractivity contribution in [3.63, 3.8) is 0 Å². The molecule has 0 bridgehead atoms. The van der Waals surface area contributed by atoms with Crippen molar-refractivity contribution in [1.82, 2.24) is 15.0 Å². The quantitative estimate of drug-likeness (QED) is 0.491. The second-order valence-corrected chi connectivity index (χ2v) is 9.10. The number of hydrogen-bond acceptors (Lipinski definition) is 6. The van der Waals surface area contributed by atoms with Crippen LogP contribution in [0, 0.1) is 0 Å². The van der Waals surface area contributed by atoms with Crippen molar-refractivity contribution in [3.8, 4) is 10.8 Å². The zero-order valence-electron chi connectivity index (χ0n) is 15.4. The van der Waals surface area contributed by atoms with E-state index >= 15 is 0 Å². The molecule has 4 aromatic rings. The number of nitrogens with zero attached hydrogens (tertiary/aromatic N) is 1. The summed E-state index contributed by atoms with van der Waals surface area (Å²) in [4.78, 5) is 17.1. The van der Waals surface area contributed by atoms with Crippen molar-refractivity contribution in [2.24, 2.45) is 0 Å². The van der Waals surface area contributed by atoms with Gasteiger partial charge in [0.25, 0.3) is 5.91 Å². The van der Waals surface area contributed by atoms with Crippen LogP contribution in [0.2, 0.25) is 0 Å². The number of rotatable bonds is 6. The number of nitrogens with one attached hydrogen (secondary N) is 2. The van der Waals surface area contributed by atoms with Crippen LogP contribution in [0.15, 0.2) is 70.0 Å². The molecule has 2 aromatic heterocycles. The fourth-order valence-corrected chi connectivity index (χ4v) is 4.38. The Kier molecular flexibility index (Phi) is 5.18. The smallest absolute Gasteiger partial charge is 0.287 e. The number of para-hydroxylation sites is 1. The lowest BCUT2D eigenvalue weighted by atomic mass is 10.2. The van der Waals surface area contributed by atoms with Gasteiger partial charge in [0.05, 0.1) is 15.1 Å². The first-order valence-corrected chi connectivity index (χ1v) is 11.0. The van der Waals surface area contributed by atoms with Gasteiger partial charge >= 0.3 is 0 Å². The predicted molar refractivity (Wildman–Crippen MR) is 111 cm³/mol. The van der Waals surface area contributed by atoms with Gasteiger partial charge in [-0.25, -0.2) is 18.1 Å².